The summed E-state index contributed by atoms with van der Waals surface area (Å²) in [5.41, 5.74) is 1.09. The predicted octanol–water partition coefficient (Wildman–Crippen LogP) is 1.02. The van der Waals surface area contributed by atoms with Crippen LogP contribution in [0.25, 0.3) is 0 Å². The van der Waals surface area contributed by atoms with Crippen LogP contribution in [-0.4, -0.2) is 33.6 Å². The van der Waals surface area contributed by atoms with Gasteiger partial charge in [0.2, 0.25) is 5.91 Å². The molecule has 0 bridgehead atoms. The first kappa shape index (κ1) is 14.0. The summed E-state index contributed by atoms with van der Waals surface area (Å²) in [5, 5.41) is 16.3. The largest absolute Gasteiger partial charge is 0.497 e. The molecule has 0 saturated heterocycles. The molecule has 0 aliphatic carbocycles. The van der Waals surface area contributed by atoms with Gasteiger partial charge < -0.3 is 10.1 Å². The van der Waals surface area contributed by atoms with E-state index in [1.807, 2.05) is 31.2 Å². The fraction of sp³-hybridized carbons (Fsp3) is 0.385. The molecule has 1 atom stereocenters. The molecule has 0 radical (unpaired) electrons. The van der Waals surface area contributed by atoms with Crippen LogP contribution in [-0.2, 0) is 11.2 Å². The van der Waals surface area contributed by atoms with Crippen LogP contribution in [0.15, 0.2) is 24.3 Å². The Bertz CT molecular complexity index is 538. The quantitative estimate of drug-likeness (QED) is 0.821. The van der Waals surface area contributed by atoms with E-state index in [1.54, 1.807) is 7.11 Å². The Morgan fingerprint density at radius 3 is 2.75 bits per heavy atom. The summed E-state index contributed by atoms with van der Waals surface area (Å²) in [6.07, 6.45) is 1.09. The minimum atomic E-state index is -0.253. The molecular formula is C13H17N5O2. The lowest BCUT2D eigenvalue weighted by Crippen LogP contribution is -2.27. The minimum Gasteiger partial charge on any atom is -0.497 e. The van der Waals surface area contributed by atoms with E-state index in [2.05, 4.69) is 25.9 Å². The Hall–Kier alpha value is -2.44. The number of hydrogen-bond donors (Lipinski definition) is 2. The van der Waals surface area contributed by atoms with Crippen molar-refractivity contribution in [1.82, 2.24) is 25.9 Å². The molecule has 2 aromatic rings. The average molecular weight is 275 g/mol. The molecule has 0 aliphatic heterocycles. The maximum atomic E-state index is 11.8. The third kappa shape index (κ3) is 3.78. The van der Waals surface area contributed by atoms with Gasteiger partial charge in [-0.05, 0) is 31.0 Å². The summed E-state index contributed by atoms with van der Waals surface area (Å²) in [5.74, 6) is 1.24. The van der Waals surface area contributed by atoms with E-state index in [1.165, 1.54) is 0 Å². The van der Waals surface area contributed by atoms with E-state index in [0.29, 0.717) is 18.7 Å². The zero-order valence-electron chi connectivity index (χ0n) is 11.5. The third-order valence-electron chi connectivity index (χ3n) is 2.93. The Balaban J connectivity index is 1.79. The number of hydrogen-bond acceptors (Lipinski definition) is 5. The molecule has 2 rings (SSSR count). The third-order valence-corrected chi connectivity index (χ3v) is 2.93. The van der Waals surface area contributed by atoms with Crippen molar-refractivity contribution in [1.29, 1.82) is 0 Å². The summed E-state index contributed by atoms with van der Waals surface area (Å²) >= 11 is 0. The SMILES string of the molecule is COc1ccc(CCC(=O)NC(C)c2nn[nH]n2)cc1. The van der Waals surface area contributed by atoms with Crippen molar-refractivity contribution >= 4 is 5.91 Å². The second kappa shape index (κ2) is 6.65. The summed E-state index contributed by atoms with van der Waals surface area (Å²) in [4.78, 5) is 11.8. The number of tetrazole rings is 1. The lowest BCUT2D eigenvalue weighted by Gasteiger charge is -2.10. The van der Waals surface area contributed by atoms with Crippen molar-refractivity contribution in [2.45, 2.75) is 25.8 Å². The standard InChI is InChI=1S/C13H17N5O2/c1-9(13-15-17-18-16-13)14-12(19)8-5-10-3-6-11(20-2)7-4-10/h3-4,6-7,9H,5,8H2,1-2H3,(H,14,19)(H,15,16,17,18). The number of methoxy groups -OCH3 is 1. The fourth-order valence-electron chi connectivity index (χ4n) is 1.78. The molecular weight excluding hydrogens is 258 g/mol. The number of aromatic nitrogens is 4. The topological polar surface area (TPSA) is 92.8 Å². The number of carbonyl (C=O) groups is 1. The van der Waals surface area contributed by atoms with Crippen molar-refractivity contribution in [3.8, 4) is 5.75 Å². The summed E-state index contributed by atoms with van der Waals surface area (Å²) in [6.45, 7) is 1.82. The van der Waals surface area contributed by atoms with Gasteiger partial charge in [0, 0.05) is 6.42 Å². The first-order valence-electron chi connectivity index (χ1n) is 6.34. The van der Waals surface area contributed by atoms with Gasteiger partial charge in [-0.3, -0.25) is 4.79 Å². The molecule has 106 valence electrons. The monoisotopic (exact) mass is 275 g/mol. The lowest BCUT2D eigenvalue weighted by molar-refractivity contribution is -0.121. The second-order valence-corrected chi connectivity index (χ2v) is 4.41. The van der Waals surface area contributed by atoms with Crippen molar-refractivity contribution < 1.29 is 9.53 Å². The Morgan fingerprint density at radius 1 is 1.40 bits per heavy atom. The first-order chi connectivity index (χ1) is 9.69. The number of rotatable bonds is 6. The van der Waals surface area contributed by atoms with Gasteiger partial charge in [-0.15, -0.1) is 10.2 Å². The molecule has 0 fully saturated rings. The van der Waals surface area contributed by atoms with Crippen LogP contribution in [0, 0.1) is 0 Å². The highest BCUT2D eigenvalue weighted by Crippen LogP contribution is 2.13. The number of nitrogens with zero attached hydrogens (tertiary/aromatic N) is 3. The van der Waals surface area contributed by atoms with Crippen LogP contribution in [0.5, 0.6) is 5.75 Å². The van der Waals surface area contributed by atoms with Gasteiger partial charge >= 0.3 is 0 Å². The van der Waals surface area contributed by atoms with E-state index in [9.17, 15) is 4.79 Å². The molecule has 0 aliphatic rings. The zero-order valence-corrected chi connectivity index (χ0v) is 11.5. The van der Waals surface area contributed by atoms with Crippen molar-refractivity contribution in [3.05, 3.63) is 35.7 Å². The normalized spacial score (nSPS) is 11.9. The van der Waals surface area contributed by atoms with Gasteiger partial charge in [0.25, 0.3) is 0 Å². The Kier molecular flexibility index (Phi) is 4.65. The fourth-order valence-corrected chi connectivity index (χ4v) is 1.78. The van der Waals surface area contributed by atoms with Gasteiger partial charge in [-0.2, -0.15) is 5.21 Å². The van der Waals surface area contributed by atoms with Gasteiger partial charge in [0.1, 0.15) is 5.75 Å². The predicted molar refractivity (Wildman–Crippen MR) is 72.1 cm³/mol. The minimum absolute atomic E-state index is 0.0434. The summed E-state index contributed by atoms with van der Waals surface area (Å²) in [6, 6.07) is 7.42. The van der Waals surface area contributed by atoms with Gasteiger partial charge in [0.05, 0.1) is 13.2 Å². The summed E-state index contributed by atoms with van der Waals surface area (Å²) in [7, 11) is 1.63. The number of H-pyrrole nitrogens is 1. The number of ether oxygens (including phenoxy) is 1. The molecule has 0 spiro atoms. The average Bonchev–Trinajstić information content (AvgIpc) is 3.00. The van der Waals surface area contributed by atoms with E-state index in [4.69, 9.17) is 4.74 Å². The van der Waals surface area contributed by atoms with Gasteiger partial charge in [0.15, 0.2) is 5.82 Å². The van der Waals surface area contributed by atoms with Crippen molar-refractivity contribution in [2.75, 3.05) is 7.11 Å². The number of carbonyl (C=O) groups excluding carboxylic acids is 1. The van der Waals surface area contributed by atoms with Crippen LogP contribution in [0.3, 0.4) is 0 Å². The molecule has 2 N–H and O–H groups in total. The Labute approximate surface area is 116 Å². The van der Waals surface area contributed by atoms with Crippen LogP contribution < -0.4 is 10.1 Å². The van der Waals surface area contributed by atoms with E-state index >= 15 is 0 Å². The maximum absolute atomic E-state index is 11.8. The van der Waals surface area contributed by atoms with Gasteiger partial charge in [-0.25, -0.2) is 0 Å². The van der Waals surface area contributed by atoms with Crippen LogP contribution in [0.1, 0.15) is 30.8 Å². The first-order valence-corrected chi connectivity index (χ1v) is 6.34. The number of aryl methyl sites for hydroxylation is 1. The van der Waals surface area contributed by atoms with E-state index in [0.717, 1.165) is 11.3 Å². The van der Waals surface area contributed by atoms with E-state index < -0.39 is 0 Å². The number of amides is 1. The smallest absolute Gasteiger partial charge is 0.220 e. The summed E-state index contributed by atoms with van der Waals surface area (Å²) < 4.78 is 5.09. The highest BCUT2D eigenvalue weighted by molar-refractivity contribution is 5.76. The molecule has 1 amide bonds. The molecule has 0 saturated carbocycles. The van der Waals surface area contributed by atoms with E-state index in [-0.39, 0.29) is 11.9 Å². The van der Waals surface area contributed by atoms with Crippen LogP contribution in [0.2, 0.25) is 0 Å². The molecule has 20 heavy (non-hydrogen) atoms. The highest BCUT2D eigenvalue weighted by atomic mass is 16.5. The maximum Gasteiger partial charge on any atom is 0.220 e. The van der Waals surface area contributed by atoms with Crippen LogP contribution >= 0.6 is 0 Å². The highest BCUT2D eigenvalue weighted by Gasteiger charge is 2.13. The number of aromatic amines is 1. The number of benzene rings is 1. The second-order valence-electron chi connectivity index (χ2n) is 4.41. The molecule has 1 unspecified atom stereocenters. The Morgan fingerprint density at radius 2 is 2.15 bits per heavy atom. The van der Waals surface area contributed by atoms with Crippen LogP contribution in [0.4, 0.5) is 0 Å². The molecule has 7 nitrogen and oxygen atoms in total. The number of nitrogens with one attached hydrogen (secondary N) is 2. The molecule has 1 aromatic carbocycles. The molecule has 7 heteroatoms. The zero-order chi connectivity index (χ0) is 14.4. The lowest BCUT2D eigenvalue weighted by atomic mass is 10.1. The molecule has 1 aromatic heterocycles. The van der Waals surface area contributed by atoms with Gasteiger partial charge in [-0.1, -0.05) is 17.3 Å². The molecule has 1 heterocycles. The van der Waals surface area contributed by atoms with Crippen molar-refractivity contribution in [3.63, 3.8) is 0 Å². The van der Waals surface area contributed by atoms with Crippen molar-refractivity contribution in [2.24, 2.45) is 0 Å².